The highest BCUT2D eigenvalue weighted by Gasteiger charge is 2.16. The van der Waals surface area contributed by atoms with Crippen molar-refractivity contribution in [3.8, 4) is 0 Å². The number of unbranched alkanes of at least 4 members (excludes halogenated alkanes) is 2. The standard InChI is InChI=1S/C9H17NO2/c1-2-3-4-5-8(11)9-10-6-7-12-9/h8,11H,2-7H2,1H3. The van der Waals surface area contributed by atoms with Gasteiger partial charge in [-0.2, -0.15) is 0 Å². The van der Waals surface area contributed by atoms with Crippen molar-refractivity contribution in [3.05, 3.63) is 0 Å². The molecule has 70 valence electrons. The van der Waals surface area contributed by atoms with Gasteiger partial charge >= 0.3 is 0 Å². The molecule has 0 aromatic heterocycles. The maximum Gasteiger partial charge on any atom is 0.213 e. The summed E-state index contributed by atoms with van der Waals surface area (Å²) in [6.07, 6.45) is 3.73. The molecule has 1 aliphatic rings. The molecule has 0 aliphatic carbocycles. The van der Waals surface area contributed by atoms with Crippen LogP contribution in [0.2, 0.25) is 0 Å². The topological polar surface area (TPSA) is 41.8 Å². The first-order valence-corrected chi connectivity index (χ1v) is 4.69. The Morgan fingerprint density at radius 2 is 2.42 bits per heavy atom. The van der Waals surface area contributed by atoms with Gasteiger partial charge in [-0.05, 0) is 6.42 Å². The zero-order valence-electron chi connectivity index (χ0n) is 7.62. The Morgan fingerprint density at radius 3 is 3.00 bits per heavy atom. The Morgan fingerprint density at radius 1 is 1.58 bits per heavy atom. The second kappa shape index (κ2) is 5.14. The number of nitrogens with zero attached hydrogens (tertiary/aromatic N) is 1. The van der Waals surface area contributed by atoms with Gasteiger partial charge in [-0.3, -0.25) is 0 Å². The van der Waals surface area contributed by atoms with Gasteiger partial charge in [-0.25, -0.2) is 4.99 Å². The molecule has 1 unspecified atom stereocenters. The Kier molecular flexibility index (Phi) is 4.08. The van der Waals surface area contributed by atoms with Crippen LogP contribution in [0, 0.1) is 0 Å². The van der Waals surface area contributed by atoms with Gasteiger partial charge in [-0.15, -0.1) is 0 Å². The summed E-state index contributed by atoms with van der Waals surface area (Å²) in [6.45, 7) is 3.50. The Bertz CT molecular complexity index is 157. The average Bonchev–Trinajstić information content (AvgIpc) is 2.56. The molecule has 0 aromatic rings. The number of rotatable bonds is 5. The molecular weight excluding hydrogens is 154 g/mol. The summed E-state index contributed by atoms with van der Waals surface area (Å²) in [5.41, 5.74) is 0. The summed E-state index contributed by atoms with van der Waals surface area (Å²) < 4.78 is 5.15. The molecule has 3 nitrogen and oxygen atoms in total. The van der Waals surface area contributed by atoms with Crippen LogP contribution in [0.5, 0.6) is 0 Å². The van der Waals surface area contributed by atoms with Crippen molar-refractivity contribution in [3.63, 3.8) is 0 Å². The van der Waals surface area contributed by atoms with Crippen molar-refractivity contribution >= 4 is 5.90 Å². The molecular formula is C9H17NO2. The minimum absolute atomic E-state index is 0.459. The van der Waals surface area contributed by atoms with E-state index in [9.17, 15) is 5.11 Å². The third-order valence-corrected chi connectivity index (χ3v) is 1.98. The smallest absolute Gasteiger partial charge is 0.213 e. The first-order chi connectivity index (χ1) is 5.84. The summed E-state index contributed by atoms with van der Waals surface area (Å²) >= 11 is 0. The first kappa shape index (κ1) is 9.52. The van der Waals surface area contributed by atoms with Crippen molar-refractivity contribution in [1.82, 2.24) is 0 Å². The molecule has 0 saturated carbocycles. The van der Waals surface area contributed by atoms with Gasteiger partial charge in [0.25, 0.3) is 0 Å². The van der Waals surface area contributed by atoms with E-state index in [4.69, 9.17) is 4.74 Å². The molecule has 0 fully saturated rings. The molecule has 1 atom stereocenters. The van der Waals surface area contributed by atoms with Crippen LogP contribution in [-0.2, 0) is 4.74 Å². The Balaban J connectivity index is 2.14. The second-order valence-corrected chi connectivity index (χ2v) is 3.08. The third kappa shape index (κ3) is 2.81. The number of aliphatic hydroxyl groups is 1. The van der Waals surface area contributed by atoms with Crippen LogP contribution in [0.1, 0.15) is 32.6 Å². The zero-order valence-corrected chi connectivity index (χ0v) is 7.62. The predicted octanol–water partition coefficient (Wildman–Crippen LogP) is 1.36. The normalized spacial score (nSPS) is 18.7. The van der Waals surface area contributed by atoms with Crippen LogP contribution < -0.4 is 0 Å². The molecule has 12 heavy (non-hydrogen) atoms. The van der Waals surface area contributed by atoms with Gasteiger partial charge in [0.1, 0.15) is 12.7 Å². The molecule has 0 saturated heterocycles. The van der Waals surface area contributed by atoms with Crippen LogP contribution in [0.3, 0.4) is 0 Å². The zero-order chi connectivity index (χ0) is 8.81. The summed E-state index contributed by atoms with van der Waals surface area (Å²) in [7, 11) is 0. The molecule has 3 heteroatoms. The predicted molar refractivity (Wildman–Crippen MR) is 48.4 cm³/mol. The molecule has 1 heterocycles. The van der Waals surface area contributed by atoms with Gasteiger partial charge in [-0.1, -0.05) is 26.2 Å². The lowest BCUT2D eigenvalue weighted by Gasteiger charge is -2.09. The van der Waals surface area contributed by atoms with Gasteiger partial charge in [0, 0.05) is 0 Å². The van der Waals surface area contributed by atoms with E-state index in [-0.39, 0.29) is 0 Å². The minimum Gasteiger partial charge on any atom is -0.477 e. The van der Waals surface area contributed by atoms with Crippen LogP contribution in [0.15, 0.2) is 4.99 Å². The Hall–Kier alpha value is -0.570. The highest BCUT2D eigenvalue weighted by atomic mass is 16.5. The lowest BCUT2D eigenvalue weighted by atomic mass is 10.1. The fraction of sp³-hybridized carbons (Fsp3) is 0.889. The molecule has 0 spiro atoms. The van der Waals surface area contributed by atoms with Gasteiger partial charge in [0.15, 0.2) is 0 Å². The summed E-state index contributed by atoms with van der Waals surface area (Å²) in [5.74, 6) is 0.547. The largest absolute Gasteiger partial charge is 0.477 e. The molecule has 0 amide bonds. The summed E-state index contributed by atoms with van der Waals surface area (Å²) in [6, 6.07) is 0. The van der Waals surface area contributed by atoms with E-state index in [0.29, 0.717) is 19.0 Å². The van der Waals surface area contributed by atoms with Crippen molar-refractivity contribution in [2.24, 2.45) is 4.99 Å². The lowest BCUT2D eigenvalue weighted by Crippen LogP contribution is -2.20. The number of aliphatic imine (C=N–C) groups is 1. The van der Waals surface area contributed by atoms with Crippen molar-refractivity contribution in [2.45, 2.75) is 38.7 Å². The molecule has 0 radical (unpaired) electrons. The number of hydrogen-bond donors (Lipinski definition) is 1. The molecule has 1 aliphatic heterocycles. The van der Waals surface area contributed by atoms with E-state index in [1.54, 1.807) is 0 Å². The van der Waals surface area contributed by atoms with Crippen LogP contribution in [0.4, 0.5) is 0 Å². The first-order valence-electron chi connectivity index (χ1n) is 4.69. The number of hydrogen-bond acceptors (Lipinski definition) is 3. The van der Waals surface area contributed by atoms with Crippen molar-refractivity contribution < 1.29 is 9.84 Å². The maximum atomic E-state index is 9.52. The highest BCUT2D eigenvalue weighted by molar-refractivity contribution is 5.81. The van der Waals surface area contributed by atoms with E-state index < -0.39 is 6.10 Å². The van der Waals surface area contributed by atoms with E-state index in [0.717, 1.165) is 12.8 Å². The monoisotopic (exact) mass is 171 g/mol. The Labute approximate surface area is 73.5 Å². The molecule has 1 rings (SSSR count). The number of ether oxygens (including phenoxy) is 1. The van der Waals surface area contributed by atoms with E-state index in [1.165, 1.54) is 12.8 Å². The summed E-state index contributed by atoms with van der Waals surface area (Å²) in [5, 5.41) is 9.52. The van der Waals surface area contributed by atoms with E-state index in [2.05, 4.69) is 11.9 Å². The maximum absolute atomic E-state index is 9.52. The van der Waals surface area contributed by atoms with Gasteiger partial charge in [0.2, 0.25) is 5.90 Å². The molecule has 0 bridgehead atoms. The van der Waals surface area contributed by atoms with Gasteiger partial charge in [0.05, 0.1) is 6.54 Å². The van der Waals surface area contributed by atoms with Crippen LogP contribution >= 0.6 is 0 Å². The molecule has 1 N–H and O–H groups in total. The van der Waals surface area contributed by atoms with E-state index >= 15 is 0 Å². The summed E-state index contributed by atoms with van der Waals surface area (Å²) in [4.78, 5) is 4.06. The van der Waals surface area contributed by atoms with Gasteiger partial charge < -0.3 is 9.84 Å². The van der Waals surface area contributed by atoms with Crippen LogP contribution in [0.25, 0.3) is 0 Å². The second-order valence-electron chi connectivity index (χ2n) is 3.08. The highest BCUT2D eigenvalue weighted by Crippen LogP contribution is 2.08. The third-order valence-electron chi connectivity index (χ3n) is 1.98. The molecule has 0 aromatic carbocycles. The number of aliphatic hydroxyl groups excluding tert-OH is 1. The fourth-order valence-electron chi connectivity index (χ4n) is 1.26. The minimum atomic E-state index is -0.459. The SMILES string of the molecule is CCCCCC(O)C1=NCCO1. The van der Waals surface area contributed by atoms with Crippen molar-refractivity contribution in [2.75, 3.05) is 13.2 Å². The average molecular weight is 171 g/mol. The van der Waals surface area contributed by atoms with Crippen molar-refractivity contribution in [1.29, 1.82) is 0 Å². The van der Waals surface area contributed by atoms with Crippen LogP contribution in [-0.4, -0.2) is 30.3 Å². The fourth-order valence-corrected chi connectivity index (χ4v) is 1.26. The van der Waals surface area contributed by atoms with E-state index in [1.807, 2.05) is 0 Å². The lowest BCUT2D eigenvalue weighted by molar-refractivity contribution is 0.187. The quantitative estimate of drug-likeness (QED) is 0.634.